The van der Waals surface area contributed by atoms with Gasteiger partial charge in [-0.3, -0.25) is 5.10 Å². The van der Waals surface area contributed by atoms with Gasteiger partial charge in [-0.05, 0) is 12.1 Å². The van der Waals surface area contributed by atoms with Crippen LogP contribution < -0.4 is 0 Å². The van der Waals surface area contributed by atoms with E-state index in [1.165, 1.54) is 0 Å². The van der Waals surface area contributed by atoms with E-state index in [-0.39, 0.29) is 12.3 Å². The fraction of sp³-hybridized carbons (Fsp3) is 0.0588. The molecular formula is C17H12N4O3. The van der Waals surface area contributed by atoms with E-state index in [1.54, 1.807) is 24.5 Å². The number of oxazole rings is 1. The summed E-state index contributed by atoms with van der Waals surface area (Å²) >= 11 is 0. The molecule has 0 fully saturated rings. The zero-order chi connectivity index (χ0) is 16.4. The summed E-state index contributed by atoms with van der Waals surface area (Å²) in [5.74, 6) is 0.409. The fourth-order valence-electron chi connectivity index (χ4n) is 2.32. The predicted molar refractivity (Wildman–Crippen MR) is 84.9 cm³/mol. The minimum Gasteiger partial charge on any atom is -0.451 e. The Bertz CT molecular complexity index is 991. The number of pyridine rings is 1. The van der Waals surface area contributed by atoms with E-state index in [0.717, 1.165) is 5.56 Å². The number of ether oxygens (including phenoxy) is 1. The molecule has 0 aliphatic heterocycles. The summed E-state index contributed by atoms with van der Waals surface area (Å²) in [5.41, 5.74) is 1.63. The number of rotatable bonds is 4. The Balaban J connectivity index is 1.47. The first-order chi connectivity index (χ1) is 11.8. The number of hydrogen-bond acceptors (Lipinski definition) is 6. The zero-order valence-corrected chi connectivity index (χ0v) is 12.5. The number of nitrogens with one attached hydrogen (secondary N) is 1. The lowest BCUT2D eigenvalue weighted by Crippen LogP contribution is -2.06. The number of aromatic amines is 1. The highest BCUT2D eigenvalue weighted by Gasteiger charge is 2.16. The van der Waals surface area contributed by atoms with Crippen molar-refractivity contribution in [2.75, 3.05) is 0 Å². The van der Waals surface area contributed by atoms with Crippen molar-refractivity contribution in [2.45, 2.75) is 6.61 Å². The standard InChI is InChI=1S/C17H12N4O3/c22-17(15-12-7-4-8-18-16(12)21-20-15)23-10-14-19-9-13(24-14)11-5-2-1-3-6-11/h1-9H,10H2,(H,18,20,21). The lowest BCUT2D eigenvalue weighted by molar-refractivity contribution is 0.0434. The van der Waals surface area contributed by atoms with Gasteiger partial charge >= 0.3 is 5.97 Å². The van der Waals surface area contributed by atoms with E-state index >= 15 is 0 Å². The van der Waals surface area contributed by atoms with Crippen LogP contribution in [0.25, 0.3) is 22.4 Å². The van der Waals surface area contributed by atoms with Crippen molar-refractivity contribution in [2.24, 2.45) is 0 Å². The minimum atomic E-state index is -0.537. The number of aromatic nitrogens is 4. The third-order valence-corrected chi connectivity index (χ3v) is 3.47. The van der Waals surface area contributed by atoms with Gasteiger partial charge in [0, 0.05) is 11.8 Å². The Hall–Kier alpha value is -3.48. The topological polar surface area (TPSA) is 93.9 Å². The first-order valence-electron chi connectivity index (χ1n) is 7.27. The Kier molecular flexibility index (Phi) is 3.51. The molecule has 3 heterocycles. The molecule has 1 aromatic carbocycles. The van der Waals surface area contributed by atoms with Gasteiger partial charge in [0.15, 0.2) is 23.7 Å². The molecule has 0 aliphatic rings. The van der Waals surface area contributed by atoms with Gasteiger partial charge in [-0.1, -0.05) is 30.3 Å². The highest BCUT2D eigenvalue weighted by Crippen LogP contribution is 2.20. The zero-order valence-electron chi connectivity index (χ0n) is 12.5. The van der Waals surface area contributed by atoms with Crippen LogP contribution in [0.3, 0.4) is 0 Å². The number of nitrogens with zero attached hydrogens (tertiary/aromatic N) is 3. The van der Waals surface area contributed by atoms with Crippen LogP contribution in [0.4, 0.5) is 0 Å². The molecule has 7 nitrogen and oxygen atoms in total. The predicted octanol–water partition coefficient (Wildman–Crippen LogP) is 2.97. The van der Waals surface area contributed by atoms with E-state index < -0.39 is 5.97 Å². The molecule has 7 heteroatoms. The number of benzene rings is 1. The summed E-state index contributed by atoms with van der Waals surface area (Å²) in [7, 11) is 0. The third kappa shape index (κ3) is 2.63. The van der Waals surface area contributed by atoms with Crippen LogP contribution in [0.5, 0.6) is 0 Å². The first kappa shape index (κ1) is 14.1. The quantitative estimate of drug-likeness (QED) is 0.581. The third-order valence-electron chi connectivity index (χ3n) is 3.47. The maximum atomic E-state index is 12.2. The molecule has 0 bridgehead atoms. The van der Waals surface area contributed by atoms with Gasteiger partial charge < -0.3 is 9.15 Å². The molecule has 0 amide bonds. The molecule has 0 spiro atoms. The molecule has 0 aliphatic carbocycles. The fourth-order valence-corrected chi connectivity index (χ4v) is 2.32. The highest BCUT2D eigenvalue weighted by atomic mass is 16.5. The minimum absolute atomic E-state index is 0.0631. The van der Waals surface area contributed by atoms with Crippen LogP contribution in [0, 0.1) is 0 Å². The Morgan fingerprint density at radius 1 is 1.12 bits per heavy atom. The Morgan fingerprint density at radius 2 is 2.00 bits per heavy atom. The van der Waals surface area contributed by atoms with Crippen molar-refractivity contribution in [1.29, 1.82) is 0 Å². The van der Waals surface area contributed by atoms with Crippen molar-refractivity contribution in [3.05, 3.63) is 66.4 Å². The Morgan fingerprint density at radius 3 is 2.88 bits per heavy atom. The van der Waals surface area contributed by atoms with Crippen molar-refractivity contribution in [3.8, 4) is 11.3 Å². The molecule has 4 rings (SSSR count). The molecule has 0 radical (unpaired) electrons. The lowest BCUT2D eigenvalue weighted by atomic mass is 10.2. The molecule has 1 N–H and O–H groups in total. The Labute approximate surface area is 136 Å². The second kappa shape index (κ2) is 5.96. The maximum absolute atomic E-state index is 12.2. The van der Waals surface area contributed by atoms with Crippen molar-refractivity contribution in [3.63, 3.8) is 0 Å². The van der Waals surface area contributed by atoms with Crippen LogP contribution in [-0.2, 0) is 11.3 Å². The van der Waals surface area contributed by atoms with Crippen molar-refractivity contribution >= 4 is 17.0 Å². The molecule has 0 saturated carbocycles. The van der Waals surface area contributed by atoms with Crippen LogP contribution in [0.2, 0.25) is 0 Å². The summed E-state index contributed by atoms with van der Waals surface area (Å²) in [6.07, 6.45) is 3.21. The molecule has 24 heavy (non-hydrogen) atoms. The number of carbonyl (C=O) groups is 1. The number of H-pyrrole nitrogens is 1. The van der Waals surface area contributed by atoms with Crippen molar-refractivity contribution < 1.29 is 13.9 Å². The smallest absolute Gasteiger partial charge is 0.357 e. The van der Waals surface area contributed by atoms with Gasteiger partial charge in [-0.2, -0.15) is 5.10 Å². The summed E-state index contributed by atoms with van der Waals surface area (Å²) in [4.78, 5) is 20.4. The maximum Gasteiger partial charge on any atom is 0.357 e. The summed E-state index contributed by atoms with van der Waals surface area (Å²) in [6, 6.07) is 13.1. The number of esters is 1. The monoisotopic (exact) mass is 320 g/mol. The SMILES string of the molecule is O=C(OCc1ncc(-c2ccccc2)o1)c1[nH]nc2ncccc12. The molecule has 0 unspecified atom stereocenters. The van der Waals surface area contributed by atoms with Gasteiger partial charge in [0.1, 0.15) is 0 Å². The van der Waals surface area contributed by atoms with E-state index in [4.69, 9.17) is 9.15 Å². The summed E-state index contributed by atoms with van der Waals surface area (Å²) < 4.78 is 10.8. The van der Waals surface area contributed by atoms with E-state index in [2.05, 4.69) is 20.2 Å². The lowest BCUT2D eigenvalue weighted by Gasteiger charge is -2.00. The number of hydrogen-bond donors (Lipinski definition) is 1. The van der Waals surface area contributed by atoms with Crippen LogP contribution >= 0.6 is 0 Å². The van der Waals surface area contributed by atoms with Crippen LogP contribution in [0.1, 0.15) is 16.4 Å². The average molecular weight is 320 g/mol. The van der Waals surface area contributed by atoms with Crippen LogP contribution in [-0.4, -0.2) is 26.1 Å². The largest absolute Gasteiger partial charge is 0.451 e. The number of carbonyl (C=O) groups excluding carboxylic acids is 1. The van der Waals surface area contributed by atoms with Crippen LogP contribution in [0.15, 0.2) is 59.3 Å². The van der Waals surface area contributed by atoms with E-state index in [0.29, 0.717) is 22.7 Å². The van der Waals surface area contributed by atoms with Gasteiger partial charge in [-0.25, -0.2) is 14.8 Å². The molecule has 0 saturated heterocycles. The molecule has 0 atom stereocenters. The second-order valence-electron chi connectivity index (χ2n) is 5.03. The molecular weight excluding hydrogens is 308 g/mol. The summed E-state index contributed by atoms with van der Waals surface area (Å²) in [5, 5.41) is 7.22. The summed E-state index contributed by atoms with van der Waals surface area (Å²) in [6.45, 7) is -0.0631. The number of fused-ring (bicyclic) bond motifs is 1. The van der Waals surface area contributed by atoms with Gasteiger partial charge in [0.25, 0.3) is 0 Å². The molecule has 4 aromatic rings. The molecule has 118 valence electrons. The highest BCUT2D eigenvalue weighted by molar-refractivity contribution is 6.00. The van der Waals surface area contributed by atoms with Crippen molar-refractivity contribution in [1.82, 2.24) is 20.2 Å². The van der Waals surface area contributed by atoms with E-state index in [9.17, 15) is 4.79 Å². The molecule has 3 aromatic heterocycles. The van der Waals surface area contributed by atoms with Gasteiger partial charge in [-0.15, -0.1) is 0 Å². The van der Waals surface area contributed by atoms with Gasteiger partial charge in [0.2, 0.25) is 5.89 Å². The van der Waals surface area contributed by atoms with E-state index in [1.807, 2.05) is 30.3 Å². The average Bonchev–Trinajstić information content (AvgIpc) is 3.27. The normalized spacial score (nSPS) is 10.8. The first-order valence-corrected chi connectivity index (χ1v) is 7.27. The second-order valence-corrected chi connectivity index (χ2v) is 5.03. The van der Waals surface area contributed by atoms with Gasteiger partial charge in [0.05, 0.1) is 11.6 Å².